The predicted octanol–water partition coefficient (Wildman–Crippen LogP) is 5.51. The van der Waals surface area contributed by atoms with Crippen LogP contribution in [0.3, 0.4) is 0 Å². The zero-order valence-corrected chi connectivity index (χ0v) is 16.0. The maximum Gasteiger partial charge on any atom is 0.261 e. The van der Waals surface area contributed by atoms with Gasteiger partial charge in [0.05, 0.1) is 20.4 Å². The molecule has 0 saturated heterocycles. The van der Waals surface area contributed by atoms with Crippen LogP contribution in [0.1, 0.15) is 0 Å². The second-order valence-electron chi connectivity index (χ2n) is 5.37. The van der Waals surface area contributed by atoms with Gasteiger partial charge in [-0.15, -0.1) is 0 Å². The maximum absolute atomic E-state index is 12.5. The Morgan fingerprint density at radius 1 is 0.880 bits per heavy atom. The highest BCUT2D eigenvalue weighted by molar-refractivity contribution is 9.10. The van der Waals surface area contributed by atoms with Crippen LogP contribution in [-0.4, -0.2) is 8.42 Å². The van der Waals surface area contributed by atoms with E-state index in [0.29, 0.717) is 5.69 Å². The highest BCUT2D eigenvalue weighted by atomic mass is 79.9. The van der Waals surface area contributed by atoms with Crippen molar-refractivity contribution in [2.24, 2.45) is 0 Å². The maximum atomic E-state index is 12.5. The molecule has 25 heavy (non-hydrogen) atoms. The molecule has 0 spiro atoms. The van der Waals surface area contributed by atoms with Crippen molar-refractivity contribution in [1.29, 1.82) is 0 Å². The van der Waals surface area contributed by atoms with Crippen molar-refractivity contribution in [3.63, 3.8) is 0 Å². The quantitative estimate of drug-likeness (QED) is 0.462. The fourth-order valence-electron chi connectivity index (χ4n) is 2.42. The Morgan fingerprint density at radius 3 is 2.40 bits per heavy atom. The molecule has 0 aromatic heterocycles. The molecule has 0 atom stereocenters. The van der Waals surface area contributed by atoms with E-state index in [4.69, 9.17) is 4.74 Å². The van der Waals surface area contributed by atoms with Gasteiger partial charge in [-0.05, 0) is 54.6 Å². The molecule has 0 unspecified atom stereocenters. The van der Waals surface area contributed by atoms with Crippen LogP contribution in [0.15, 0.2) is 85.9 Å². The van der Waals surface area contributed by atoms with E-state index in [1.54, 1.807) is 54.2 Å². The fourth-order valence-corrected chi connectivity index (χ4v) is 4.72. The molecule has 4 nitrogen and oxygen atoms in total. The Kier molecular flexibility index (Phi) is 4.23. The van der Waals surface area contributed by atoms with Gasteiger partial charge >= 0.3 is 0 Å². The molecule has 0 amide bonds. The summed E-state index contributed by atoms with van der Waals surface area (Å²) in [6.45, 7) is 0. The number of fused-ring (bicyclic) bond motifs is 2. The van der Waals surface area contributed by atoms with Crippen LogP contribution in [-0.2, 0) is 10.0 Å². The van der Waals surface area contributed by atoms with Crippen molar-refractivity contribution in [3.05, 3.63) is 71.2 Å². The molecular weight excluding hydrogens is 422 g/mol. The molecule has 1 aliphatic rings. The van der Waals surface area contributed by atoms with E-state index in [-0.39, 0.29) is 4.90 Å². The third kappa shape index (κ3) is 3.40. The molecule has 0 aliphatic carbocycles. The third-order valence-corrected chi connectivity index (χ3v) is 6.63. The molecule has 1 N–H and O–H groups in total. The van der Waals surface area contributed by atoms with E-state index in [9.17, 15) is 8.42 Å². The van der Waals surface area contributed by atoms with Gasteiger partial charge in [0.25, 0.3) is 10.0 Å². The van der Waals surface area contributed by atoms with E-state index < -0.39 is 10.0 Å². The molecule has 0 saturated carbocycles. The second-order valence-corrected chi connectivity index (χ2v) is 9.05. The first kappa shape index (κ1) is 16.5. The summed E-state index contributed by atoms with van der Waals surface area (Å²) < 4.78 is 34.3. The number of rotatable bonds is 3. The van der Waals surface area contributed by atoms with E-state index >= 15 is 0 Å². The summed E-state index contributed by atoms with van der Waals surface area (Å²) in [5.41, 5.74) is 0.497. The minimum Gasteiger partial charge on any atom is -0.455 e. The van der Waals surface area contributed by atoms with Gasteiger partial charge in [0, 0.05) is 4.47 Å². The van der Waals surface area contributed by atoms with Crippen molar-refractivity contribution in [1.82, 2.24) is 0 Å². The Labute approximate surface area is 158 Å². The number of nitrogens with one attached hydrogen (secondary N) is 1. The summed E-state index contributed by atoms with van der Waals surface area (Å²) in [6, 6.07) is 19.5. The van der Waals surface area contributed by atoms with Gasteiger partial charge < -0.3 is 4.74 Å². The van der Waals surface area contributed by atoms with Crippen LogP contribution in [0, 0.1) is 0 Å². The SMILES string of the molecule is O=S(=O)(Nc1ccc2c(c1)Sc1ccccc1O2)c1ccc(Br)cc1. The third-order valence-electron chi connectivity index (χ3n) is 3.61. The normalized spacial score (nSPS) is 12.7. The lowest BCUT2D eigenvalue weighted by Gasteiger charge is -2.20. The van der Waals surface area contributed by atoms with Crippen molar-refractivity contribution in [2.45, 2.75) is 14.7 Å². The van der Waals surface area contributed by atoms with Gasteiger partial charge in [0.2, 0.25) is 0 Å². The first-order chi connectivity index (χ1) is 12.0. The highest BCUT2D eigenvalue weighted by Crippen LogP contribution is 2.47. The highest BCUT2D eigenvalue weighted by Gasteiger charge is 2.19. The number of hydrogen-bond donors (Lipinski definition) is 1. The molecule has 1 aliphatic heterocycles. The smallest absolute Gasteiger partial charge is 0.261 e. The summed E-state index contributed by atoms with van der Waals surface area (Å²) in [7, 11) is -3.64. The van der Waals surface area contributed by atoms with E-state index in [1.807, 2.05) is 24.3 Å². The summed E-state index contributed by atoms with van der Waals surface area (Å²) in [5, 5.41) is 0. The molecule has 0 bridgehead atoms. The van der Waals surface area contributed by atoms with Gasteiger partial charge in [-0.1, -0.05) is 39.8 Å². The van der Waals surface area contributed by atoms with Gasteiger partial charge in [-0.25, -0.2) is 8.42 Å². The number of benzene rings is 3. The van der Waals surface area contributed by atoms with Crippen LogP contribution in [0.5, 0.6) is 11.5 Å². The lowest BCUT2D eigenvalue weighted by Crippen LogP contribution is -2.13. The molecule has 0 fully saturated rings. The van der Waals surface area contributed by atoms with E-state index in [1.165, 1.54) is 0 Å². The molecule has 7 heteroatoms. The molecule has 1 heterocycles. The summed E-state index contributed by atoms with van der Waals surface area (Å²) in [6.07, 6.45) is 0. The monoisotopic (exact) mass is 433 g/mol. The van der Waals surface area contributed by atoms with Crippen molar-refractivity contribution < 1.29 is 13.2 Å². The lowest BCUT2D eigenvalue weighted by atomic mass is 10.3. The van der Waals surface area contributed by atoms with E-state index in [2.05, 4.69) is 20.7 Å². The Morgan fingerprint density at radius 2 is 1.60 bits per heavy atom. The zero-order valence-electron chi connectivity index (χ0n) is 12.8. The largest absolute Gasteiger partial charge is 0.455 e. The van der Waals surface area contributed by atoms with Crippen molar-refractivity contribution in [3.8, 4) is 11.5 Å². The molecule has 0 radical (unpaired) electrons. The molecule has 3 aromatic carbocycles. The summed E-state index contributed by atoms with van der Waals surface area (Å²) in [4.78, 5) is 2.08. The van der Waals surface area contributed by atoms with Gasteiger partial charge in [-0.3, -0.25) is 4.72 Å². The minimum absolute atomic E-state index is 0.211. The molecular formula is C18H12BrNO3S2. The van der Waals surface area contributed by atoms with Gasteiger partial charge in [0.1, 0.15) is 11.5 Å². The average Bonchev–Trinajstić information content (AvgIpc) is 2.60. The number of hydrogen-bond acceptors (Lipinski definition) is 4. The van der Waals surface area contributed by atoms with Crippen molar-refractivity contribution in [2.75, 3.05) is 4.72 Å². The average molecular weight is 434 g/mol. The molecule has 126 valence electrons. The summed E-state index contributed by atoms with van der Waals surface area (Å²) in [5.74, 6) is 1.53. The Bertz CT molecular complexity index is 1050. The first-order valence-corrected chi connectivity index (χ1v) is 10.5. The first-order valence-electron chi connectivity index (χ1n) is 7.38. The van der Waals surface area contributed by atoms with Crippen LogP contribution in [0.2, 0.25) is 0 Å². The van der Waals surface area contributed by atoms with Crippen LogP contribution in [0.4, 0.5) is 5.69 Å². The van der Waals surface area contributed by atoms with E-state index in [0.717, 1.165) is 25.8 Å². The standard InChI is InChI=1S/C18H12BrNO3S2/c19-12-5-8-14(9-6-12)25(21,22)20-13-7-10-16-18(11-13)24-17-4-2-1-3-15(17)23-16/h1-11,20H. The lowest BCUT2D eigenvalue weighted by molar-refractivity contribution is 0.454. The zero-order chi connectivity index (χ0) is 17.4. The molecule has 4 rings (SSSR count). The fraction of sp³-hybridized carbons (Fsp3) is 0. The Balaban J connectivity index is 1.62. The topological polar surface area (TPSA) is 55.4 Å². The van der Waals surface area contributed by atoms with Gasteiger partial charge in [-0.2, -0.15) is 0 Å². The van der Waals surface area contributed by atoms with Crippen LogP contribution < -0.4 is 9.46 Å². The van der Waals surface area contributed by atoms with Crippen molar-refractivity contribution >= 4 is 43.4 Å². The molecule has 3 aromatic rings. The number of ether oxygens (including phenoxy) is 1. The van der Waals surface area contributed by atoms with Crippen LogP contribution >= 0.6 is 27.7 Å². The number of para-hydroxylation sites is 1. The van der Waals surface area contributed by atoms with Gasteiger partial charge in [0.15, 0.2) is 0 Å². The predicted molar refractivity (Wildman–Crippen MR) is 102 cm³/mol. The number of halogens is 1. The number of anilines is 1. The number of sulfonamides is 1. The second kappa shape index (κ2) is 6.40. The van der Waals surface area contributed by atoms with Crippen LogP contribution in [0.25, 0.3) is 0 Å². The minimum atomic E-state index is -3.64. The Hall–Kier alpha value is -1.96. The summed E-state index contributed by atoms with van der Waals surface area (Å²) >= 11 is 4.86.